The number of amides is 1. The second-order valence-corrected chi connectivity index (χ2v) is 9.13. The van der Waals surface area contributed by atoms with E-state index in [1.165, 1.54) is 36.4 Å². The summed E-state index contributed by atoms with van der Waals surface area (Å²) in [6, 6.07) is 14.2. The molecule has 8 nitrogen and oxygen atoms in total. The largest absolute Gasteiger partial charge is 0.345 e. The summed E-state index contributed by atoms with van der Waals surface area (Å²) < 4.78 is 32.3. The fraction of sp³-hybridized carbons (Fsp3) is 0.250. The highest BCUT2D eigenvalue weighted by molar-refractivity contribution is 7.92. The Labute approximate surface area is 169 Å². The Morgan fingerprint density at radius 2 is 1.69 bits per heavy atom. The minimum absolute atomic E-state index is 0.126. The molecule has 9 heteroatoms. The lowest BCUT2D eigenvalue weighted by molar-refractivity contribution is 0.0949. The van der Waals surface area contributed by atoms with E-state index in [-0.39, 0.29) is 22.8 Å². The fourth-order valence-corrected chi connectivity index (χ4v) is 3.47. The number of carbonyl (C=O) groups is 1. The van der Waals surface area contributed by atoms with Crippen molar-refractivity contribution in [3.8, 4) is 0 Å². The molecule has 0 saturated heterocycles. The number of nitrogens with one attached hydrogen (secondary N) is 2. The summed E-state index contributed by atoms with van der Waals surface area (Å²) in [5.74, 6) is 0.553. The second kappa shape index (κ2) is 8.04. The van der Waals surface area contributed by atoms with Gasteiger partial charge in [0.2, 0.25) is 5.89 Å². The third-order valence-electron chi connectivity index (χ3n) is 3.97. The number of carbonyl (C=O) groups excluding carboxylic acids is 1. The molecule has 0 radical (unpaired) electrons. The lowest BCUT2D eigenvalue weighted by Crippen LogP contribution is -2.23. The van der Waals surface area contributed by atoms with E-state index < -0.39 is 10.0 Å². The summed E-state index contributed by atoms with van der Waals surface area (Å²) in [7, 11) is -3.68. The average molecular weight is 414 g/mol. The van der Waals surface area contributed by atoms with Crippen LogP contribution in [0.3, 0.4) is 0 Å². The first-order chi connectivity index (χ1) is 13.6. The molecule has 152 valence electrons. The highest BCUT2D eigenvalue weighted by Crippen LogP contribution is 2.20. The average Bonchev–Trinajstić information content (AvgIpc) is 3.17. The van der Waals surface area contributed by atoms with Crippen molar-refractivity contribution in [3.63, 3.8) is 0 Å². The van der Waals surface area contributed by atoms with Gasteiger partial charge < -0.3 is 9.84 Å². The summed E-state index contributed by atoms with van der Waals surface area (Å²) in [6.45, 7) is 5.99. The first kappa shape index (κ1) is 20.5. The van der Waals surface area contributed by atoms with Crippen molar-refractivity contribution in [1.29, 1.82) is 0 Å². The van der Waals surface area contributed by atoms with Gasteiger partial charge in [-0.2, -0.15) is 4.98 Å². The molecule has 0 unspecified atom stereocenters. The lowest BCUT2D eigenvalue weighted by atomic mass is 9.97. The normalized spacial score (nSPS) is 11.8. The van der Waals surface area contributed by atoms with Crippen molar-refractivity contribution < 1.29 is 17.7 Å². The van der Waals surface area contributed by atoms with Crippen LogP contribution in [0.4, 0.5) is 5.69 Å². The maximum absolute atomic E-state index is 12.3. The van der Waals surface area contributed by atoms with Crippen LogP contribution in [-0.2, 0) is 22.0 Å². The zero-order valence-corrected chi connectivity index (χ0v) is 17.2. The fourth-order valence-electron chi connectivity index (χ4n) is 2.40. The Hall–Kier alpha value is -3.20. The number of rotatable bonds is 6. The number of anilines is 1. The molecule has 2 N–H and O–H groups in total. The van der Waals surface area contributed by atoms with Gasteiger partial charge in [-0.05, 0) is 36.4 Å². The first-order valence-corrected chi connectivity index (χ1v) is 10.4. The van der Waals surface area contributed by atoms with Crippen molar-refractivity contribution in [2.45, 2.75) is 37.6 Å². The van der Waals surface area contributed by atoms with Gasteiger partial charge in [-0.15, -0.1) is 0 Å². The standard InChI is InChI=1S/C20H22N4O4S/c1-20(2,3)19-22-17(23-28-19)13-21-18(25)14-9-11-15(12-10-14)24-29(26,27)16-7-5-4-6-8-16/h4-12,24H,13H2,1-3H3,(H,21,25). The second-order valence-electron chi connectivity index (χ2n) is 7.44. The summed E-state index contributed by atoms with van der Waals surface area (Å²) in [6.07, 6.45) is 0. The number of nitrogens with zero attached hydrogens (tertiary/aromatic N) is 2. The molecule has 0 atom stereocenters. The van der Waals surface area contributed by atoms with E-state index in [4.69, 9.17) is 4.52 Å². The van der Waals surface area contributed by atoms with Gasteiger partial charge in [-0.1, -0.05) is 44.1 Å². The third-order valence-corrected chi connectivity index (χ3v) is 5.37. The number of hydrogen-bond acceptors (Lipinski definition) is 6. The van der Waals surface area contributed by atoms with E-state index in [0.29, 0.717) is 23.0 Å². The molecule has 0 bridgehead atoms. The maximum atomic E-state index is 12.3. The van der Waals surface area contributed by atoms with Crippen molar-refractivity contribution in [2.75, 3.05) is 4.72 Å². The van der Waals surface area contributed by atoms with Crippen LogP contribution < -0.4 is 10.0 Å². The van der Waals surface area contributed by atoms with Crippen LogP contribution in [0, 0.1) is 0 Å². The molecule has 3 rings (SSSR count). The van der Waals surface area contributed by atoms with Crippen LogP contribution >= 0.6 is 0 Å². The smallest absolute Gasteiger partial charge is 0.261 e. The van der Waals surface area contributed by atoms with E-state index >= 15 is 0 Å². The van der Waals surface area contributed by atoms with Crippen LogP contribution in [-0.4, -0.2) is 24.5 Å². The summed E-state index contributed by atoms with van der Waals surface area (Å²) in [4.78, 5) is 16.7. The summed E-state index contributed by atoms with van der Waals surface area (Å²) in [5.41, 5.74) is 0.476. The number of hydrogen-bond donors (Lipinski definition) is 2. The van der Waals surface area contributed by atoms with Crippen LogP contribution in [0.2, 0.25) is 0 Å². The van der Waals surface area contributed by atoms with Gasteiger partial charge in [-0.3, -0.25) is 9.52 Å². The number of sulfonamides is 1. The molecule has 0 aliphatic carbocycles. The quantitative estimate of drug-likeness (QED) is 0.641. The number of aromatic nitrogens is 2. The van der Waals surface area contributed by atoms with Gasteiger partial charge in [0.05, 0.1) is 11.4 Å². The molecule has 0 spiro atoms. The van der Waals surface area contributed by atoms with E-state index in [0.717, 1.165) is 0 Å². The van der Waals surface area contributed by atoms with Crippen molar-refractivity contribution in [1.82, 2.24) is 15.5 Å². The molecule has 29 heavy (non-hydrogen) atoms. The van der Waals surface area contributed by atoms with Crippen LogP contribution in [0.15, 0.2) is 64.0 Å². The monoisotopic (exact) mass is 414 g/mol. The molecule has 0 aliphatic rings. The minimum Gasteiger partial charge on any atom is -0.345 e. The Balaban J connectivity index is 1.61. The van der Waals surface area contributed by atoms with Crippen LogP contribution in [0.25, 0.3) is 0 Å². The zero-order chi connectivity index (χ0) is 21.1. The third kappa shape index (κ3) is 5.20. The van der Waals surface area contributed by atoms with Gasteiger partial charge >= 0.3 is 0 Å². The van der Waals surface area contributed by atoms with E-state index in [2.05, 4.69) is 20.2 Å². The van der Waals surface area contributed by atoms with Gasteiger partial charge in [0.1, 0.15) is 0 Å². The van der Waals surface area contributed by atoms with Crippen molar-refractivity contribution >= 4 is 21.6 Å². The predicted molar refractivity (Wildman–Crippen MR) is 108 cm³/mol. The van der Waals surface area contributed by atoms with Gasteiger partial charge in [0, 0.05) is 16.7 Å². The highest BCUT2D eigenvalue weighted by atomic mass is 32.2. The van der Waals surface area contributed by atoms with Crippen LogP contribution in [0.5, 0.6) is 0 Å². The van der Waals surface area contributed by atoms with Crippen molar-refractivity contribution in [3.05, 3.63) is 71.9 Å². The Bertz CT molecular complexity index is 1090. The molecule has 0 saturated carbocycles. The molecular weight excluding hydrogens is 392 g/mol. The minimum atomic E-state index is -3.68. The van der Waals surface area contributed by atoms with E-state index in [1.54, 1.807) is 18.2 Å². The predicted octanol–water partition coefficient (Wildman–Crippen LogP) is 3.10. The van der Waals surface area contributed by atoms with Gasteiger partial charge in [0.15, 0.2) is 5.82 Å². The molecule has 3 aromatic rings. The molecule has 1 heterocycles. The molecule has 2 aromatic carbocycles. The molecule has 1 amide bonds. The van der Waals surface area contributed by atoms with E-state index in [1.807, 2.05) is 20.8 Å². The SMILES string of the molecule is CC(C)(C)c1nc(CNC(=O)c2ccc(NS(=O)(=O)c3ccccc3)cc2)no1. The Morgan fingerprint density at radius 1 is 1.03 bits per heavy atom. The summed E-state index contributed by atoms with van der Waals surface area (Å²) in [5, 5.41) is 6.56. The highest BCUT2D eigenvalue weighted by Gasteiger charge is 2.22. The van der Waals surface area contributed by atoms with E-state index in [9.17, 15) is 13.2 Å². The van der Waals surface area contributed by atoms with Crippen molar-refractivity contribution in [2.24, 2.45) is 0 Å². The molecular formula is C20H22N4O4S. The topological polar surface area (TPSA) is 114 Å². The molecule has 0 fully saturated rings. The lowest BCUT2D eigenvalue weighted by Gasteiger charge is -2.10. The zero-order valence-electron chi connectivity index (χ0n) is 16.3. The molecule has 1 aromatic heterocycles. The summed E-state index contributed by atoms with van der Waals surface area (Å²) >= 11 is 0. The number of benzene rings is 2. The Morgan fingerprint density at radius 3 is 2.28 bits per heavy atom. The molecule has 0 aliphatic heterocycles. The van der Waals surface area contributed by atoms with Crippen LogP contribution in [0.1, 0.15) is 42.8 Å². The van der Waals surface area contributed by atoms with Gasteiger partial charge in [-0.25, -0.2) is 8.42 Å². The van der Waals surface area contributed by atoms with Gasteiger partial charge in [0.25, 0.3) is 15.9 Å². The maximum Gasteiger partial charge on any atom is 0.261 e. The first-order valence-electron chi connectivity index (χ1n) is 8.94. The Kier molecular flexibility index (Phi) is 5.69.